The molecule has 28 heavy (non-hydrogen) atoms. The molecular formula is C20H25N3O4S. The molecule has 7 nitrogen and oxygen atoms in total. The Hall–Kier alpha value is -2.29. The number of hydrogen-bond acceptors (Lipinski definition) is 5. The molecule has 8 heteroatoms. The normalized spacial score (nSPS) is 16.4. The Morgan fingerprint density at radius 1 is 1.04 bits per heavy atom. The van der Waals surface area contributed by atoms with Gasteiger partial charge in [-0.2, -0.15) is 4.31 Å². The van der Waals surface area contributed by atoms with Crippen molar-refractivity contribution in [3.8, 4) is 0 Å². The molecule has 1 fully saturated rings. The molecule has 0 spiro atoms. The largest absolute Gasteiger partial charge is 0.296 e. The molecule has 0 atom stereocenters. The van der Waals surface area contributed by atoms with Crippen LogP contribution in [-0.2, 0) is 16.6 Å². The maximum absolute atomic E-state index is 12.8. The van der Waals surface area contributed by atoms with Gasteiger partial charge in [-0.25, -0.2) is 8.42 Å². The molecule has 0 radical (unpaired) electrons. The molecule has 0 amide bonds. The van der Waals surface area contributed by atoms with Gasteiger partial charge >= 0.3 is 0 Å². The molecule has 3 rings (SSSR count). The van der Waals surface area contributed by atoms with Gasteiger partial charge in [-0.15, -0.1) is 0 Å². The Bertz CT molecular complexity index is 934. The summed E-state index contributed by atoms with van der Waals surface area (Å²) in [5.41, 5.74) is 2.29. The summed E-state index contributed by atoms with van der Waals surface area (Å²) in [6.45, 7) is 7.10. The number of non-ortho nitro benzene ring substituents is 1. The quantitative estimate of drug-likeness (QED) is 0.546. The molecule has 1 aliphatic rings. The molecule has 0 aromatic heterocycles. The monoisotopic (exact) mass is 403 g/mol. The molecule has 0 bridgehead atoms. The standard InChI is InChI=1S/C20H25N3O4S/c1-16(2)18-8-6-17(7-9-18)15-21-10-12-22(13-11-21)28(26,27)20-5-3-4-19(14-20)23(24)25/h3-9,14,16H,10-13,15H2,1-2H3. The number of benzene rings is 2. The van der Waals surface area contributed by atoms with E-state index in [9.17, 15) is 18.5 Å². The molecule has 1 saturated heterocycles. The molecule has 150 valence electrons. The fourth-order valence-corrected chi connectivity index (χ4v) is 4.76. The molecule has 1 aliphatic heterocycles. The van der Waals surface area contributed by atoms with Crippen LogP contribution < -0.4 is 0 Å². The van der Waals surface area contributed by atoms with Crippen LogP contribution in [0.2, 0.25) is 0 Å². The van der Waals surface area contributed by atoms with Gasteiger partial charge in [-0.1, -0.05) is 44.2 Å². The van der Waals surface area contributed by atoms with Gasteiger partial charge < -0.3 is 0 Å². The van der Waals surface area contributed by atoms with Crippen molar-refractivity contribution in [1.82, 2.24) is 9.21 Å². The first-order chi connectivity index (χ1) is 13.3. The van der Waals surface area contributed by atoms with E-state index in [2.05, 4.69) is 43.0 Å². The van der Waals surface area contributed by atoms with Crippen molar-refractivity contribution in [2.45, 2.75) is 31.2 Å². The van der Waals surface area contributed by atoms with Crippen LogP contribution in [0.4, 0.5) is 5.69 Å². The first-order valence-electron chi connectivity index (χ1n) is 9.33. The van der Waals surface area contributed by atoms with Crippen LogP contribution in [0.25, 0.3) is 0 Å². The average molecular weight is 404 g/mol. The van der Waals surface area contributed by atoms with E-state index in [-0.39, 0.29) is 10.6 Å². The second-order valence-electron chi connectivity index (χ2n) is 7.33. The minimum Gasteiger partial charge on any atom is -0.296 e. The first kappa shape index (κ1) is 20.4. The third kappa shape index (κ3) is 4.57. The van der Waals surface area contributed by atoms with Crippen molar-refractivity contribution in [3.63, 3.8) is 0 Å². The first-order valence-corrected chi connectivity index (χ1v) is 10.8. The highest BCUT2D eigenvalue weighted by molar-refractivity contribution is 7.89. The van der Waals surface area contributed by atoms with Crippen molar-refractivity contribution in [2.24, 2.45) is 0 Å². The molecule has 2 aromatic rings. The predicted octanol–water partition coefficient (Wildman–Crippen LogP) is 3.22. The number of nitro groups is 1. The SMILES string of the molecule is CC(C)c1ccc(CN2CCN(S(=O)(=O)c3cccc([N+](=O)[O-])c3)CC2)cc1. The summed E-state index contributed by atoms with van der Waals surface area (Å²) in [5.74, 6) is 0.497. The maximum atomic E-state index is 12.8. The van der Waals surface area contributed by atoms with E-state index in [1.165, 1.54) is 33.6 Å². The minimum absolute atomic E-state index is 0.0283. The molecule has 0 aliphatic carbocycles. The number of nitrogens with zero attached hydrogens (tertiary/aromatic N) is 3. The Balaban J connectivity index is 1.63. The average Bonchev–Trinajstić information content (AvgIpc) is 2.69. The van der Waals surface area contributed by atoms with Gasteiger partial charge in [0.05, 0.1) is 9.82 Å². The smallest absolute Gasteiger partial charge is 0.270 e. The van der Waals surface area contributed by atoms with E-state index in [1.54, 1.807) is 0 Å². The minimum atomic E-state index is -3.73. The zero-order chi connectivity index (χ0) is 20.3. The summed E-state index contributed by atoms with van der Waals surface area (Å²) in [7, 11) is -3.73. The van der Waals surface area contributed by atoms with E-state index < -0.39 is 14.9 Å². The predicted molar refractivity (Wildman–Crippen MR) is 108 cm³/mol. The lowest BCUT2D eigenvalue weighted by atomic mass is 10.0. The lowest BCUT2D eigenvalue weighted by Crippen LogP contribution is -2.48. The zero-order valence-electron chi connectivity index (χ0n) is 16.1. The van der Waals surface area contributed by atoms with Gasteiger partial charge in [0.1, 0.15) is 0 Å². The third-order valence-electron chi connectivity index (χ3n) is 5.05. The second kappa shape index (κ2) is 8.38. The van der Waals surface area contributed by atoms with Crippen molar-refractivity contribution in [3.05, 3.63) is 69.8 Å². The molecule has 2 aromatic carbocycles. The topological polar surface area (TPSA) is 83.8 Å². The van der Waals surface area contributed by atoms with Crippen LogP contribution in [-0.4, -0.2) is 48.7 Å². The van der Waals surface area contributed by atoms with Crippen LogP contribution in [0.15, 0.2) is 53.4 Å². The van der Waals surface area contributed by atoms with Crippen LogP contribution in [0.3, 0.4) is 0 Å². The molecule has 0 saturated carbocycles. The summed E-state index contributed by atoms with van der Waals surface area (Å²) < 4.78 is 27.0. The zero-order valence-corrected chi connectivity index (χ0v) is 16.9. The Morgan fingerprint density at radius 3 is 2.25 bits per heavy atom. The molecular weight excluding hydrogens is 378 g/mol. The highest BCUT2D eigenvalue weighted by atomic mass is 32.2. The summed E-state index contributed by atoms with van der Waals surface area (Å²) >= 11 is 0. The molecule has 0 N–H and O–H groups in total. The van der Waals surface area contributed by atoms with Crippen LogP contribution in [0.5, 0.6) is 0 Å². The molecule has 0 unspecified atom stereocenters. The summed E-state index contributed by atoms with van der Waals surface area (Å²) in [5, 5.41) is 10.9. The Morgan fingerprint density at radius 2 is 1.68 bits per heavy atom. The summed E-state index contributed by atoms with van der Waals surface area (Å²) in [4.78, 5) is 12.5. The lowest BCUT2D eigenvalue weighted by molar-refractivity contribution is -0.385. The van der Waals surface area contributed by atoms with Gasteiger partial charge in [0.2, 0.25) is 10.0 Å². The highest BCUT2D eigenvalue weighted by Crippen LogP contribution is 2.22. The van der Waals surface area contributed by atoms with Crippen LogP contribution in [0.1, 0.15) is 30.9 Å². The fourth-order valence-electron chi connectivity index (χ4n) is 3.30. The summed E-state index contributed by atoms with van der Waals surface area (Å²) in [6, 6.07) is 13.8. The highest BCUT2D eigenvalue weighted by Gasteiger charge is 2.29. The van der Waals surface area contributed by atoms with Crippen LogP contribution in [0, 0.1) is 10.1 Å². The number of piperazine rings is 1. The number of rotatable bonds is 6. The van der Waals surface area contributed by atoms with Crippen molar-refractivity contribution >= 4 is 15.7 Å². The Kier molecular flexibility index (Phi) is 6.12. The van der Waals surface area contributed by atoms with E-state index in [0.29, 0.717) is 32.1 Å². The fraction of sp³-hybridized carbons (Fsp3) is 0.400. The second-order valence-corrected chi connectivity index (χ2v) is 9.27. The van der Waals surface area contributed by atoms with E-state index in [1.807, 2.05) is 0 Å². The van der Waals surface area contributed by atoms with Crippen molar-refractivity contribution < 1.29 is 13.3 Å². The van der Waals surface area contributed by atoms with Gasteiger partial charge in [0.25, 0.3) is 5.69 Å². The van der Waals surface area contributed by atoms with Gasteiger partial charge in [-0.05, 0) is 23.1 Å². The van der Waals surface area contributed by atoms with Gasteiger partial charge in [0, 0.05) is 44.9 Å². The Labute approximate surface area is 165 Å². The molecule has 1 heterocycles. The van der Waals surface area contributed by atoms with E-state index in [0.717, 1.165) is 12.6 Å². The van der Waals surface area contributed by atoms with Crippen LogP contribution >= 0.6 is 0 Å². The van der Waals surface area contributed by atoms with E-state index in [4.69, 9.17) is 0 Å². The maximum Gasteiger partial charge on any atom is 0.270 e. The number of sulfonamides is 1. The number of nitro benzene ring substituents is 1. The van der Waals surface area contributed by atoms with Crippen molar-refractivity contribution in [2.75, 3.05) is 26.2 Å². The lowest BCUT2D eigenvalue weighted by Gasteiger charge is -2.34. The van der Waals surface area contributed by atoms with E-state index >= 15 is 0 Å². The van der Waals surface area contributed by atoms with Gasteiger partial charge in [0.15, 0.2) is 0 Å². The van der Waals surface area contributed by atoms with Crippen molar-refractivity contribution in [1.29, 1.82) is 0 Å². The summed E-state index contributed by atoms with van der Waals surface area (Å²) in [6.07, 6.45) is 0. The third-order valence-corrected chi connectivity index (χ3v) is 6.94. The number of hydrogen-bond donors (Lipinski definition) is 0. The van der Waals surface area contributed by atoms with Gasteiger partial charge in [-0.3, -0.25) is 15.0 Å².